The van der Waals surface area contributed by atoms with Gasteiger partial charge in [0.05, 0.1) is 6.20 Å². The molecule has 1 fully saturated rings. The van der Waals surface area contributed by atoms with Gasteiger partial charge in [-0.05, 0) is 12.8 Å². The average molecular weight is 193 g/mol. The van der Waals surface area contributed by atoms with Crippen LogP contribution in [0.5, 0.6) is 5.88 Å². The Balaban J connectivity index is 2.08. The summed E-state index contributed by atoms with van der Waals surface area (Å²) < 4.78 is 0. The van der Waals surface area contributed by atoms with E-state index in [1.54, 1.807) is 0 Å². The van der Waals surface area contributed by atoms with Crippen LogP contribution in [0.1, 0.15) is 12.8 Å². The van der Waals surface area contributed by atoms with E-state index in [1.165, 1.54) is 6.07 Å². The lowest BCUT2D eigenvalue weighted by atomic mass is 10.1. The summed E-state index contributed by atoms with van der Waals surface area (Å²) in [6.45, 7) is 1.69. The zero-order chi connectivity index (χ0) is 9.97. The summed E-state index contributed by atoms with van der Waals surface area (Å²) >= 11 is 0. The van der Waals surface area contributed by atoms with Gasteiger partial charge < -0.3 is 15.7 Å². The Kier molecular flexibility index (Phi) is 2.49. The number of aromatic hydroxyl groups is 1. The number of hydrogen-bond donors (Lipinski definition) is 2. The van der Waals surface area contributed by atoms with E-state index >= 15 is 0 Å². The maximum Gasteiger partial charge on any atom is 0.229 e. The quantitative estimate of drug-likeness (QED) is 0.652. The summed E-state index contributed by atoms with van der Waals surface area (Å²) in [7, 11) is 0. The number of nitrogens with two attached hydrogens (primary N) is 1. The van der Waals surface area contributed by atoms with Gasteiger partial charge in [-0.25, -0.2) is 4.98 Å². The molecule has 1 aromatic rings. The number of aromatic nitrogens is 2. The van der Waals surface area contributed by atoms with Gasteiger partial charge >= 0.3 is 0 Å². The van der Waals surface area contributed by atoms with Gasteiger partial charge in [-0.15, -0.1) is 0 Å². The minimum Gasteiger partial charge on any atom is -0.493 e. The summed E-state index contributed by atoms with van der Waals surface area (Å²) in [5, 5.41) is 9.16. The fraction of sp³-hybridized carbons (Fsp3) is 0.556. The van der Waals surface area contributed by atoms with Gasteiger partial charge in [-0.1, -0.05) is 0 Å². The van der Waals surface area contributed by atoms with Crippen LogP contribution in [0.3, 0.4) is 0 Å². The van der Waals surface area contributed by atoms with Gasteiger partial charge in [0, 0.05) is 25.2 Å². The molecule has 3 N–H and O–H groups in total. The van der Waals surface area contributed by atoms with Crippen LogP contribution in [0.4, 0.5) is 5.95 Å². The topological polar surface area (TPSA) is 75.3 Å². The highest BCUT2D eigenvalue weighted by molar-refractivity contribution is 5.31. The highest BCUT2D eigenvalue weighted by Gasteiger charge is 2.18. The first-order valence-corrected chi connectivity index (χ1v) is 4.70. The van der Waals surface area contributed by atoms with Crippen LogP contribution in [0.2, 0.25) is 0 Å². The number of piperidine rings is 1. The van der Waals surface area contributed by atoms with Crippen LogP contribution in [0.25, 0.3) is 0 Å². The van der Waals surface area contributed by atoms with E-state index in [0.29, 0.717) is 5.95 Å². The van der Waals surface area contributed by atoms with Gasteiger partial charge in [0.2, 0.25) is 11.8 Å². The zero-order valence-electron chi connectivity index (χ0n) is 7.85. The molecule has 1 aliphatic heterocycles. The number of nitrogens with zero attached hydrogens (tertiary/aromatic N) is 3. The fourth-order valence-electron chi connectivity index (χ4n) is 1.55. The highest BCUT2D eigenvalue weighted by atomic mass is 16.3. The van der Waals surface area contributed by atoms with Crippen molar-refractivity contribution in [2.24, 2.45) is 5.73 Å². The summed E-state index contributed by atoms with van der Waals surface area (Å²) in [6, 6.07) is 1.63. The Morgan fingerprint density at radius 1 is 1.50 bits per heavy atom. The molecule has 0 saturated carbocycles. The maximum absolute atomic E-state index is 9.16. The predicted octanol–water partition coefficient (Wildman–Crippen LogP) is -0.0901. The molecule has 0 aromatic carbocycles. The van der Waals surface area contributed by atoms with Gasteiger partial charge in [0.25, 0.3) is 0 Å². The van der Waals surface area contributed by atoms with Gasteiger partial charge in [0.1, 0.15) is 0 Å². The molecular formula is C9H13N4O. The van der Waals surface area contributed by atoms with Crippen LogP contribution in [0, 0.1) is 6.20 Å². The molecule has 1 saturated heterocycles. The molecule has 1 aliphatic rings. The molecule has 0 spiro atoms. The molecule has 5 heteroatoms. The van der Waals surface area contributed by atoms with Crippen molar-refractivity contribution >= 4 is 5.95 Å². The molecule has 1 aromatic heterocycles. The minimum absolute atomic E-state index is 0.0372. The molecular weight excluding hydrogens is 180 g/mol. The molecule has 75 valence electrons. The summed E-state index contributed by atoms with van der Waals surface area (Å²) in [4.78, 5) is 9.91. The molecule has 5 nitrogen and oxygen atoms in total. The highest BCUT2D eigenvalue weighted by Crippen LogP contribution is 2.16. The van der Waals surface area contributed by atoms with Crippen LogP contribution in [-0.2, 0) is 0 Å². The van der Waals surface area contributed by atoms with Crippen molar-refractivity contribution in [2.45, 2.75) is 18.9 Å². The maximum atomic E-state index is 9.16. The van der Waals surface area contributed by atoms with Crippen molar-refractivity contribution < 1.29 is 5.11 Å². The van der Waals surface area contributed by atoms with Crippen molar-refractivity contribution in [3.05, 3.63) is 12.3 Å². The summed E-state index contributed by atoms with van der Waals surface area (Å²) in [5.41, 5.74) is 5.78. The monoisotopic (exact) mass is 193 g/mol. The Bertz CT molecular complexity index is 309. The molecule has 0 bridgehead atoms. The lowest BCUT2D eigenvalue weighted by Gasteiger charge is -2.29. The molecule has 2 rings (SSSR count). The lowest BCUT2D eigenvalue weighted by molar-refractivity contribution is 0.447. The SMILES string of the molecule is NC1CCN(c2n[c]cc(O)n2)CC1. The second kappa shape index (κ2) is 3.79. The lowest BCUT2D eigenvalue weighted by Crippen LogP contribution is -2.40. The van der Waals surface area contributed by atoms with E-state index in [0.717, 1.165) is 25.9 Å². The third-order valence-electron chi connectivity index (χ3n) is 2.40. The Morgan fingerprint density at radius 2 is 2.21 bits per heavy atom. The van der Waals surface area contributed by atoms with E-state index in [2.05, 4.69) is 16.2 Å². The molecule has 0 atom stereocenters. The number of hydrogen-bond acceptors (Lipinski definition) is 5. The van der Waals surface area contributed by atoms with E-state index in [9.17, 15) is 0 Å². The first-order valence-electron chi connectivity index (χ1n) is 4.70. The third-order valence-corrected chi connectivity index (χ3v) is 2.40. The zero-order valence-corrected chi connectivity index (χ0v) is 7.85. The summed E-state index contributed by atoms with van der Waals surface area (Å²) in [5.74, 6) is 0.502. The fourth-order valence-corrected chi connectivity index (χ4v) is 1.55. The van der Waals surface area contributed by atoms with Crippen molar-refractivity contribution in [3.63, 3.8) is 0 Å². The number of anilines is 1. The predicted molar refractivity (Wildman–Crippen MR) is 52.0 cm³/mol. The first-order chi connectivity index (χ1) is 6.75. The van der Waals surface area contributed by atoms with E-state index in [1.807, 2.05) is 4.90 Å². The van der Waals surface area contributed by atoms with E-state index in [4.69, 9.17) is 10.8 Å². The van der Waals surface area contributed by atoms with Gasteiger partial charge in [-0.2, -0.15) is 4.98 Å². The van der Waals surface area contributed by atoms with Gasteiger partial charge in [0.15, 0.2) is 0 Å². The van der Waals surface area contributed by atoms with Crippen molar-refractivity contribution in [2.75, 3.05) is 18.0 Å². The van der Waals surface area contributed by atoms with Gasteiger partial charge in [-0.3, -0.25) is 0 Å². The molecule has 14 heavy (non-hydrogen) atoms. The van der Waals surface area contributed by atoms with Crippen molar-refractivity contribution in [1.82, 2.24) is 9.97 Å². The Morgan fingerprint density at radius 3 is 2.86 bits per heavy atom. The third kappa shape index (κ3) is 1.93. The van der Waals surface area contributed by atoms with E-state index in [-0.39, 0.29) is 11.9 Å². The molecule has 0 amide bonds. The van der Waals surface area contributed by atoms with Crippen LogP contribution < -0.4 is 10.6 Å². The van der Waals surface area contributed by atoms with E-state index < -0.39 is 0 Å². The number of rotatable bonds is 1. The first kappa shape index (κ1) is 9.21. The van der Waals surface area contributed by atoms with Crippen LogP contribution >= 0.6 is 0 Å². The van der Waals surface area contributed by atoms with Crippen LogP contribution in [0.15, 0.2) is 6.07 Å². The standard InChI is InChI=1S/C9H13N4O/c10-7-2-5-13(6-3-7)9-11-4-1-8(14)12-9/h1,7H,2-3,5-6,10H2,(H,11,12,14). The smallest absolute Gasteiger partial charge is 0.229 e. The summed E-state index contributed by atoms with van der Waals surface area (Å²) in [6.07, 6.45) is 4.49. The van der Waals surface area contributed by atoms with Crippen molar-refractivity contribution in [3.8, 4) is 5.88 Å². The van der Waals surface area contributed by atoms with Crippen LogP contribution in [-0.4, -0.2) is 34.2 Å². The Labute approximate surface area is 82.6 Å². The van der Waals surface area contributed by atoms with Crippen molar-refractivity contribution in [1.29, 1.82) is 0 Å². The average Bonchev–Trinajstić information content (AvgIpc) is 2.19. The Hall–Kier alpha value is -1.36. The molecule has 1 radical (unpaired) electrons. The normalized spacial score (nSPS) is 18.5. The molecule has 0 unspecified atom stereocenters. The second-order valence-corrected chi connectivity index (χ2v) is 3.48. The minimum atomic E-state index is -0.0372. The largest absolute Gasteiger partial charge is 0.493 e. The second-order valence-electron chi connectivity index (χ2n) is 3.48. The molecule has 0 aliphatic carbocycles. The molecule has 2 heterocycles.